The summed E-state index contributed by atoms with van der Waals surface area (Å²) >= 11 is 1.32. The molecule has 4 rings (SSSR count). The van der Waals surface area contributed by atoms with Crippen molar-refractivity contribution >= 4 is 17.5 Å². The molecule has 31 heavy (non-hydrogen) atoms. The van der Waals surface area contributed by atoms with Crippen molar-refractivity contribution in [2.75, 3.05) is 12.9 Å². The Morgan fingerprint density at radius 2 is 1.87 bits per heavy atom. The van der Waals surface area contributed by atoms with Gasteiger partial charge in [0.25, 0.3) is 0 Å². The lowest BCUT2D eigenvalue weighted by Crippen LogP contribution is -2.06. The molecule has 6 nitrogen and oxygen atoms in total. The van der Waals surface area contributed by atoms with Crippen LogP contribution in [0.4, 0.5) is 4.39 Å². The number of halogens is 1. The molecule has 0 spiro atoms. The van der Waals surface area contributed by atoms with E-state index in [1.54, 1.807) is 19.5 Å². The van der Waals surface area contributed by atoms with Gasteiger partial charge in [0.1, 0.15) is 17.9 Å². The molecule has 2 aromatic carbocycles. The van der Waals surface area contributed by atoms with Gasteiger partial charge in [-0.15, -0.1) is 10.2 Å². The Bertz CT molecular complexity index is 1250. The number of ketones is 1. The Labute approximate surface area is 183 Å². The summed E-state index contributed by atoms with van der Waals surface area (Å²) in [6.07, 6.45) is 1.61. The first-order valence-corrected chi connectivity index (χ1v) is 10.6. The third-order valence-electron chi connectivity index (χ3n) is 4.98. The summed E-state index contributed by atoms with van der Waals surface area (Å²) in [6, 6.07) is 15.7. The van der Waals surface area contributed by atoms with Crippen LogP contribution < -0.4 is 4.74 Å². The smallest absolute Gasteiger partial charge is 0.196 e. The van der Waals surface area contributed by atoms with Crippen LogP contribution in [0.15, 0.2) is 66.1 Å². The Kier molecular flexibility index (Phi) is 5.90. The van der Waals surface area contributed by atoms with E-state index in [0.29, 0.717) is 16.4 Å². The quantitative estimate of drug-likeness (QED) is 0.308. The number of hydrogen-bond acceptors (Lipinski definition) is 5. The lowest BCUT2D eigenvalue weighted by Gasteiger charge is -2.10. The third-order valence-corrected chi connectivity index (χ3v) is 5.92. The second kappa shape index (κ2) is 8.77. The van der Waals surface area contributed by atoms with Crippen molar-refractivity contribution in [3.8, 4) is 17.1 Å². The topological polar surface area (TPSA) is 61.9 Å². The maximum Gasteiger partial charge on any atom is 0.196 e. The van der Waals surface area contributed by atoms with Gasteiger partial charge in [0.15, 0.2) is 10.9 Å². The van der Waals surface area contributed by atoms with Gasteiger partial charge in [0.2, 0.25) is 0 Å². The van der Waals surface area contributed by atoms with Gasteiger partial charge in [-0.1, -0.05) is 23.9 Å². The standard InChI is InChI=1S/C23H21FN4O2S/c1-15-10-21(16(2)28(15)19-8-4-6-17(24)11-19)22(29)13-31-23-26-25-14-27(23)18-7-5-9-20(12-18)30-3/h4-12,14H,13H2,1-3H3. The van der Waals surface area contributed by atoms with E-state index in [1.807, 2.05) is 59.4 Å². The van der Waals surface area contributed by atoms with E-state index in [0.717, 1.165) is 22.8 Å². The Morgan fingerprint density at radius 3 is 2.65 bits per heavy atom. The van der Waals surface area contributed by atoms with E-state index >= 15 is 0 Å². The fraction of sp³-hybridized carbons (Fsp3) is 0.174. The van der Waals surface area contributed by atoms with Crippen molar-refractivity contribution in [2.24, 2.45) is 0 Å². The number of Topliss-reactive ketones (excluding diaryl/α,β-unsaturated/α-hetero) is 1. The molecule has 0 unspecified atom stereocenters. The van der Waals surface area contributed by atoms with Gasteiger partial charge < -0.3 is 9.30 Å². The number of aryl methyl sites for hydroxylation is 1. The van der Waals surface area contributed by atoms with E-state index in [4.69, 9.17) is 4.74 Å². The maximum atomic E-state index is 13.7. The van der Waals surface area contributed by atoms with Crippen LogP contribution in [0, 0.1) is 19.7 Å². The normalized spacial score (nSPS) is 11.0. The number of rotatable bonds is 7. The van der Waals surface area contributed by atoms with Gasteiger partial charge in [-0.3, -0.25) is 9.36 Å². The zero-order valence-electron chi connectivity index (χ0n) is 17.4. The van der Waals surface area contributed by atoms with Crippen LogP contribution in [-0.4, -0.2) is 38.0 Å². The van der Waals surface area contributed by atoms with Gasteiger partial charge in [0, 0.05) is 28.7 Å². The zero-order chi connectivity index (χ0) is 22.0. The SMILES string of the molecule is COc1cccc(-n2cnnc2SCC(=O)c2cc(C)n(-c3cccc(F)c3)c2C)c1. The third kappa shape index (κ3) is 4.25. The first kappa shape index (κ1) is 20.9. The van der Waals surface area contributed by atoms with Gasteiger partial charge in [0.05, 0.1) is 18.6 Å². The molecule has 4 aromatic rings. The molecule has 0 amide bonds. The second-order valence-corrected chi connectivity index (χ2v) is 7.94. The summed E-state index contributed by atoms with van der Waals surface area (Å²) in [5, 5.41) is 8.75. The van der Waals surface area contributed by atoms with Crippen LogP contribution in [0.25, 0.3) is 11.4 Å². The number of aromatic nitrogens is 4. The molecule has 0 aliphatic heterocycles. The monoisotopic (exact) mass is 436 g/mol. The molecule has 0 saturated heterocycles. The van der Waals surface area contributed by atoms with Gasteiger partial charge in [-0.05, 0) is 50.2 Å². The van der Waals surface area contributed by atoms with Crippen LogP contribution >= 0.6 is 11.8 Å². The van der Waals surface area contributed by atoms with Crippen molar-refractivity contribution in [1.82, 2.24) is 19.3 Å². The van der Waals surface area contributed by atoms with E-state index in [9.17, 15) is 9.18 Å². The largest absolute Gasteiger partial charge is 0.497 e. The molecule has 158 valence electrons. The molecule has 0 atom stereocenters. The number of carbonyl (C=O) groups excluding carboxylic acids is 1. The lowest BCUT2D eigenvalue weighted by molar-refractivity contribution is 0.102. The number of ether oxygens (including phenoxy) is 1. The van der Waals surface area contributed by atoms with E-state index in [-0.39, 0.29) is 17.4 Å². The molecule has 2 heterocycles. The first-order valence-electron chi connectivity index (χ1n) is 9.63. The predicted molar refractivity (Wildman–Crippen MR) is 118 cm³/mol. The highest BCUT2D eigenvalue weighted by Gasteiger charge is 2.18. The van der Waals surface area contributed by atoms with Crippen molar-refractivity contribution in [2.45, 2.75) is 19.0 Å². The van der Waals surface area contributed by atoms with Gasteiger partial charge in [-0.25, -0.2) is 4.39 Å². The van der Waals surface area contributed by atoms with Crippen LogP contribution in [-0.2, 0) is 0 Å². The summed E-state index contributed by atoms with van der Waals surface area (Å²) < 4.78 is 22.7. The van der Waals surface area contributed by atoms with E-state index in [1.165, 1.54) is 23.9 Å². The minimum absolute atomic E-state index is 0.0269. The summed E-state index contributed by atoms with van der Waals surface area (Å²) in [5.74, 6) is 0.588. The highest BCUT2D eigenvalue weighted by atomic mass is 32.2. The molecular formula is C23H21FN4O2S. The molecule has 0 saturated carbocycles. The predicted octanol–water partition coefficient (Wildman–Crippen LogP) is 4.80. The molecule has 2 aromatic heterocycles. The van der Waals surface area contributed by atoms with Crippen LogP contribution in [0.5, 0.6) is 5.75 Å². The fourth-order valence-corrected chi connectivity index (χ4v) is 4.34. The van der Waals surface area contributed by atoms with Crippen molar-refractivity contribution in [3.63, 3.8) is 0 Å². The van der Waals surface area contributed by atoms with Crippen molar-refractivity contribution in [1.29, 1.82) is 0 Å². The summed E-state index contributed by atoms with van der Waals surface area (Å²) in [7, 11) is 1.61. The molecular weight excluding hydrogens is 415 g/mol. The Morgan fingerprint density at radius 1 is 1.10 bits per heavy atom. The van der Waals surface area contributed by atoms with Crippen LogP contribution in [0.2, 0.25) is 0 Å². The highest BCUT2D eigenvalue weighted by Crippen LogP contribution is 2.26. The van der Waals surface area contributed by atoms with E-state index in [2.05, 4.69) is 10.2 Å². The summed E-state index contributed by atoms with van der Waals surface area (Å²) in [5.41, 5.74) is 3.81. The molecule has 0 aliphatic carbocycles. The molecule has 0 fully saturated rings. The van der Waals surface area contributed by atoms with E-state index < -0.39 is 0 Å². The Balaban J connectivity index is 1.55. The number of benzene rings is 2. The fourth-order valence-electron chi connectivity index (χ4n) is 3.53. The maximum absolute atomic E-state index is 13.7. The van der Waals surface area contributed by atoms with Crippen molar-refractivity contribution in [3.05, 3.63) is 83.7 Å². The minimum Gasteiger partial charge on any atom is -0.497 e. The van der Waals surface area contributed by atoms with Crippen molar-refractivity contribution < 1.29 is 13.9 Å². The summed E-state index contributed by atoms with van der Waals surface area (Å²) in [6.45, 7) is 3.77. The number of methoxy groups -OCH3 is 1. The second-order valence-electron chi connectivity index (χ2n) is 7.00. The summed E-state index contributed by atoms with van der Waals surface area (Å²) in [4.78, 5) is 13.0. The molecule has 0 radical (unpaired) electrons. The molecule has 8 heteroatoms. The molecule has 0 bridgehead atoms. The molecule has 0 N–H and O–H groups in total. The number of thioether (sulfide) groups is 1. The van der Waals surface area contributed by atoms with Gasteiger partial charge in [-0.2, -0.15) is 0 Å². The zero-order valence-corrected chi connectivity index (χ0v) is 18.2. The minimum atomic E-state index is -0.315. The van der Waals surface area contributed by atoms with Crippen LogP contribution in [0.3, 0.4) is 0 Å². The average Bonchev–Trinajstić information content (AvgIpc) is 3.36. The lowest BCUT2D eigenvalue weighted by atomic mass is 10.2. The highest BCUT2D eigenvalue weighted by molar-refractivity contribution is 7.99. The Hall–Kier alpha value is -3.39. The number of nitrogens with zero attached hydrogens (tertiary/aromatic N) is 4. The first-order chi connectivity index (χ1) is 15.0. The average molecular weight is 437 g/mol. The van der Waals surface area contributed by atoms with Gasteiger partial charge >= 0.3 is 0 Å². The number of carbonyl (C=O) groups is 1. The molecule has 0 aliphatic rings. The number of hydrogen-bond donors (Lipinski definition) is 0. The van der Waals surface area contributed by atoms with Crippen LogP contribution in [0.1, 0.15) is 21.7 Å².